The molecule has 1 aromatic carbocycles. The van der Waals surface area contributed by atoms with Gasteiger partial charge in [0.25, 0.3) is 0 Å². The number of hydrogen-bond acceptors (Lipinski definition) is 3. The molecule has 0 spiro atoms. The molecule has 0 aliphatic heterocycles. The Morgan fingerprint density at radius 1 is 1.38 bits per heavy atom. The van der Waals surface area contributed by atoms with Gasteiger partial charge in [-0.1, -0.05) is 6.07 Å². The first kappa shape index (κ1) is 13.0. The number of ether oxygens (including phenoxy) is 1. The highest BCUT2D eigenvalue weighted by Crippen LogP contribution is 2.24. The lowest BCUT2D eigenvalue weighted by atomic mass is 10.0. The molecule has 1 atom stereocenters. The summed E-state index contributed by atoms with van der Waals surface area (Å²) >= 11 is 0. The van der Waals surface area contributed by atoms with E-state index in [4.69, 9.17) is 4.74 Å². The molecule has 1 rings (SSSR count). The van der Waals surface area contributed by atoms with Crippen LogP contribution in [0.25, 0.3) is 0 Å². The van der Waals surface area contributed by atoms with Gasteiger partial charge < -0.3 is 14.7 Å². The van der Waals surface area contributed by atoms with Crippen molar-refractivity contribution in [1.82, 2.24) is 4.90 Å². The van der Waals surface area contributed by atoms with Crippen LogP contribution in [0.15, 0.2) is 18.2 Å². The third-order valence-electron chi connectivity index (χ3n) is 2.65. The monoisotopic (exact) mass is 223 g/mol. The summed E-state index contributed by atoms with van der Waals surface area (Å²) in [7, 11) is 5.67. The molecule has 0 aliphatic carbocycles. The van der Waals surface area contributed by atoms with Crippen LogP contribution < -0.4 is 4.74 Å². The fourth-order valence-corrected chi connectivity index (χ4v) is 1.66. The fraction of sp³-hybridized carbons (Fsp3) is 0.538. The lowest BCUT2D eigenvalue weighted by Gasteiger charge is -2.16. The molecule has 0 aromatic heterocycles. The van der Waals surface area contributed by atoms with Crippen LogP contribution in [0.4, 0.5) is 0 Å². The SMILES string of the molecule is COc1ccc(C(O)CCN(C)C)cc1C. The molecule has 16 heavy (non-hydrogen) atoms. The van der Waals surface area contributed by atoms with Crippen molar-refractivity contribution < 1.29 is 9.84 Å². The number of methoxy groups -OCH3 is 1. The summed E-state index contributed by atoms with van der Waals surface area (Å²) in [5.74, 6) is 0.864. The maximum absolute atomic E-state index is 9.99. The highest BCUT2D eigenvalue weighted by Gasteiger charge is 2.09. The van der Waals surface area contributed by atoms with Gasteiger partial charge in [-0.3, -0.25) is 0 Å². The zero-order valence-corrected chi connectivity index (χ0v) is 10.5. The molecule has 0 fully saturated rings. The van der Waals surface area contributed by atoms with Crippen molar-refractivity contribution in [2.75, 3.05) is 27.7 Å². The second-order valence-corrected chi connectivity index (χ2v) is 4.34. The number of aliphatic hydroxyl groups excluding tert-OH is 1. The molecule has 1 unspecified atom stereocenters. The van der Waals surface area contributed by atoms with Crippen LogP contribution in [-0.2, 0) is 0 Å². The van der Waals surface area contributed by atoms with E-state index in [0.29, 0.717) is 0 Å². The predicted octanol–water partition coefficient (Wildman–Crippen LogP) is 1.99. The van der Waals surface area contributed by atoms with Crippen LogP contribution in [0.3, 0.4) is 0 Å². The molecule has 0 heterocycles. The fourth-order valence-electron chi connectivity index (χ4n) is 1.66. The van der Waals surface area contributed by atoms with Gasteiger partial charge in [-0.2, -0.15) is 0 Å². The summed E-state index contributed by atoms with van der Waals surface area (Å²) < 4.78 is 5.19. The van der Waals surface area contributed by atoms with E-state index in [2.05, 4.69) is 4.90 Å². The van der Waals surface area contributed by atoms with Crippen molar-refractivity contribution in [3.8, 4) is 5.75 Å². The molecule has 0 saturated heterocycles. The minimum absolute atomic E-state index is 0.396. The van der Waals surface area contributed by atoms with E-state index in [0.717, 1.165) is 29.8 Å². The van der Waals surface area contributed by atoms with Crippen molar-refractivity contribution in [3.63, 3.8) is 0 Å². The molecule has 0 saturated carbocycles. The van der Waals surface area contributed by atoms with Gasteiger partial charge in [0, 0.05) is 6.54 Å². The molecule has 90 valence electrons. The van der Waals surface area contributed by atoms with Gasteiger partial charge >= 0.3 is 0 Å². The van der Waals surface area contributed by atoms with Gasteiger partial charge in [-0.15, -0.1) is 0 Å². The molecule has 0 bridgehead atoms. The average molecular weight is 223 g/mol. The Labute approximate surface area is 97.7 Å². The van der Waals surface area contributed by atoms with E-state index < -0.39 is 6.10 Å². The van der Waals surface area contributed by atoms with Crippen molar-refractivity contribution in [3.05, 3.63) is 29.3 Å². The first-order chi connectivity index (χ1) is 7.54. The minimum Gasteiger partial charge on any atom is -0.496 e. The van der Waals surface area contributed by atoms with Gasteiger partial charge in [0.2, 0.25) is 0 Å². The maximum atomic E-state index is 9.99. The first-order valence-electron chi connectivity index (χ1n) is 5.52. The topological polar surface area (TPSA) is 32.7 Å². The molecule has 1 aromatic rings. The Morgan fingerprint density at radius 2 is 2.06 bits per heavy atom. The number of nitrogens with zero attached hydrogens (tertiary/aromatic N) is 1. The average Bonchev–Trinajstić information content (AvgIpc) is 2.25. The predicted molar refractivity (Wildman–Crippen MR) is 65.9 cm³/mol. The molecular weight excluding hydrogens is 202 g/mol. The zero-order chi connectivity index (χ0) is 12.1. The quantitative estimate of drug-likeness (QED) is 0.828. The molecule has 0 radical (unpaired) electrons. The number of hydrogen-bond donors (Lipinski definition) is 1. The summed E-state index contributed by atoms with van der Waals surface area (Å²) in [5.41, 5.74) is 2.02. The second kappa shape index (κ2) is 5.87. The summed E-state index contributed by atoms with van der Waals surface area (Å²) in [5, 5.41) is 9.99. The molecule has 0 amide bonds. The Kier molecular flexibility index (Phi) is 4.77. The smallest absolute Gasteiger partial charge is 0.121 e. The van der Waals surface area contributed by atoms with Crippen molar-refractivity contribution >= 4 is 0 Å². The van der Waals surface area contributed by atoms with E-state index in [1.165, 1.54) is 0 Å². The van der Waals surface area contributed by atoms with E-state index in [9.17, 15) is 5.11 Å². The van der Waals surface area contributed by atoms with Crippen LogP contribution in [0.5, 0.6) is 5.75 Å². The Bertz CT molecular complexity index is 337. The number of benzene rings is 1. The number of aliphatic hydroxyl groups is 1. The third-order valence-corrected chi connectivity index (χ3v) is 2.65. The third kappa shape index (κ3) is 3.51. The van der Waals surface area contributed by atoms with Crippen LogP contribution in [0, 0.1) is 6.92 Å². The largest absolute Gasteiger partial charge is 0.496 e. The van der Waals surface area contributed by atoms with Gasteiger partial charge in [0.1, 0.15) is 5.75 Å². The number of rotatable bonds is 5. The highest BCUT2D eigenvalue weighted by atomic mass is 16.5. The summed E-state index contributed by atoms with van der Waals surface area (Å²) in [6.45, 7) is 2.87. The second-order valence-electron chi connectivity index (χ2n) is 4.34. The van der Waals surface area contributed by atoms with E-state index >= 15 is 0 Å². The van der Waals surface area contributed by atoms with E-state index in [1.54, 1.807) is 7.11 Å². The van der Waals surface area contributed by atoms with Crippen molar-refractivity contribution in [2.45, 2.75) is 19.4 Å². The zero-order valence-electron chi connectivity index (χ0n) is 10.5. The van der Waals surface area contributed by atoms with Crippen molar-refractivity contribution in [1.29, 1.82) is 0 Å². The van der Waals surface area contributed by atoms with Gasteiger partial charge in [-0.05, 0) is 50.7 Å². The molecular formula is C13H21NO2. The lowest BCUT2D eigenvalue weighted by molar-refractivity contribution is 0.154. The van der Waals surface area contributed by atoms with Crippen LogP contribution in [0.1, 0.15) is 23.7 Å². The Balaban J connectivity index is 2.69. The molecule has 0 aliphatic rings. The molecule has 3 nitrogen and oxygen atoms in total. The molecule has 3 heteroatoms. The summed E-state index contributed by atoms with van der Waals surface area (Å²) in [6, 6.07) is 5.81. The lowest BCUT2D eigenvalue weighted by Crippen LogP contribution is -2.15. The minimum atomic E-state index is -0.396. The van der Waals surface area contributed by atoms with Gasteiger partial charge in [0.05, 0.1) is 13.2 Å². The van der Waals surface area contributed by atoms with Gasteiger partial charge in [-0.25, -0.2) is 0 Å². The Morgan fingerprint density at radius 3 is 2.56 bits per heavy atom. The summed E-state index contributed by atoms with van der Waals surface area (Å²) in [6.07, 6.45) is 0.352. The first-order valence-corrected chi connectivity index (χ1v) is 5.52. The highest BCUT2D eigenvalue weighted by molar-refractivity contribution is 5.36. The summed E-state index contributed by atoms with van der Waals surface area (Å²) in [4.78, 5) is 2.07. The maximum Gasteiger partial charge on any atom is 0.121 e. The van der Waals surface area contributed by atoms with Gasteiger partial charge in [0.15, 0.2) is 0 Å². The molecule has 1 N–H and O–H groups in total. The van der Waals surface area contributed by atoms with Crippen LogP contribution in [0.2, 0.25) is 0 Å². The number of aryl methyl sites for hydroxylation is 1. The van der Waals surface area contributed by atoms with Crippen molar-refractivity contribution in [2.24, 2.45) is 0 Å². The van der Waals surface area contributed by atoms with E-state index in [1.807, 2.05) is 39.2 Å². The Hall–Kier alpha value is -1.06. The van der Waals surface area contributed by atoms with Crippen LogP contribution in [-0.4, -0.2) is 37.8 Å². The van der Waals surface area contributed by atoms with E-state index in [-0.39, 0.29) is 0 Å². The normalized spacial score (nSPS) is 12.9. The van der Waals surface area contributed by atoms with Crippen LogP contribution >= 0.6 is 0 Å². The standard InChI is InChI=1S/C13H21NO2/c1-10-9-11(5-6-13(10)16-4)12(15)7-8-14(2)3/h5-6,9,12,15H,7-8H2,1-4H3.